The Hall–Kier alpha value is -2.67. The Bertz CT molecular complexity index is 1020. The number of nitrogens with zero attached hydrogens (tertiary/aromatic N) is 6. The van der Waals surface area contributed by atoms with Crippen LogP contribution in [0.25, 0.3) is 16.7 Å². The van der Waals surface area contributed by atoms with Crippen LogP contribution in [0.3, 0.4) is 0 Å². The molecular formula is C20H23ClN6O. The van der Waals surface area contributed by atoms with E-state index in [1.165, 1.54) is 0 Å². The Kier molecular flexibility index (Phi) is 4.93. The molecule has 0 N–H and O–H groups in total. The van der Waals surface area contributed by atoms with Gasteiger partial charge in [-0.15, -0.1) is 0 Å². The summed E-state index contributed by atoms with van der Waals surface area (Å²) in [6.07, 6.45) is 1.80. The number of hydrogen-bond donors (Lipinski definition) is 0. The summed E-state index contributed by atoms with van der Waals surface area (Å²) in [7, 11) is 0. The monoisotopic (exact) mass is 398 g/mol. The lowest BCUT2D eigenvalue weighted by atomic mass is 10.1. The van der Waals surface area contributed by atoms with Crippen LogP contribution in [0.2, 0.25) is 5.02 Å². The van der Waals surface area contributed by atoms with Crippen molar-refractivity contribution in [3.05, 3.63) is 41.3 Å². The molecule has 3 heterocycles. The van der Waals surface area contributed by atoms with Crippen LogP contribution < -0.4 is 4.90 Å². The van der Waals surface area contributed by atoms with E-state index in [1.54, 1.807) is 10.9 Å². The topological polar surface area (TPSA) is 67.2 Å². The van der Waals surface area contributed by atoms with Gasteiger partial charge in [0.2, 0.25) is 5.91 Å². The molecule has 1 amide bonds. The third-order valence-electron chi connectivity index (χ3n) is 4.96. The highest BCUT2D eigenvalue weighted by Crippen LogP contribution is 2.27. The van der Waals surface area contributed by atoms with Gasteiger partial charge in [-0.1, -0.05) is 31.5 Å². The highest BCUT2D eigenvalue weighted by molar-refractivity contribution is 6.30. The van der Waals surface area contributed by atoms with E-state index in [4.69, 9.17) is 11.6 Å². The van der Waals surface area contributed by atoms with Gasteiger partial charge in [-0.05, 0) is 25.1 Å². The summed E-state index contributed by atoms with van der Waals surface area (Å²) in [5.74, 6) is 1.78. The van der Waals surface area contributed by atoms with Gasteiger partial charge >= 0.3 is 0 Å². The van der Waals surface area contributed by atoms with Gasteiger partial charge in [0.25, 0.3) is 0 Å². The molecule has 0 aliphatic carbocycles. The second-order valence-electron chi connectivity index (χ2n) is 7.33. The molecule has 1 aliphatic heterocycles. The van der Waals surface area contributed by atoms with Crippen LogP contribution in [-0.4, -0.2) is 56.7 Å². The standard InChI is InChI=1S/C20H23ClN6O/c1-13(2)20(28)26-9-7-25(8-10-26)18-17-12-22-27(19(17)24-14(3)23-18)16-6-4-5-15(21)11-16/h4-6,11-13H,7-10H2,1-3H3. The second-order valence-corrected chi connectivity index (χ2v) is 7.77. The number of fused-ring (bicyclic) bond motifs is 1. The molecule has 28 heavy (non-hydrogen) atoms. The summed E-state index contributed by atoms with van der Waals surface area (Å²) >= 11 is 6.14. The smallest absolute Gasteiger partial charge is 0.225 e. The second kappa shape index (κ2) is 7.39. The average molecular weight is 399 g/mol. The van der Waals surface area contributed by atoms with Crippen molar-refractivity contribution in [1.82, 2.24) is 24.6 Å². The van der Waals surface area contributed by atoms with Crippen molar-refractivity contribution in [2.24, 2.45) is 5.92 Å². The minimum absolute atomic E-state index is 0.0236. The molecule has 0 radical (unpaired) electrons. The zero-order chi connectivity index (χ0) is 19.8. The quantitative estimate of drug-likeness (QED) is 0.678. The third-order valence-corrected chi connectivity index (χ3v) is 5.19. The fourth-order valence-corrected chi connectivity index (χ4v) is 3.73. The van der Waals surface area contributed by atoms with E-state index in [0.29, 0.717) is 23.9 Å². The van der Waals surface area contributed by atoms with E-state index >= 15 is 0 Å². The van der Waals surface area contributed by atoms with Gasteiger partial charge in [-0.2, -0.15) is 5.10 Å². The van der Waals surface area contributed by atoms with Crippen LogP contribution in [-0.2, 0) is 4.79 Å². The first-order chi connectivity index (χ1) is 13.4. The summed E-state index contributed by atoms with van der Waals surface area (Å²) in [6, 6.07) is 7.54. The number of carbonyl (C=O) groups is 1. The summed E-state index contributed by atoms with van der Waals surface area (Å²) in [4.78, 5) is 25.7. The van der Waals surface area contributed by atoms with Crippen molar-refractivity contribution in [3.63, 3.8) is 0 Å². The number of hydrogen-bond acceptors (Lipinski definition) is 5. The van der Waals surface area contributed by atoms with Crippen LogP contribution in [0.5, 0.6) is 0 Å². The van der Waals surface area contributed by atoms with E-state index in [9.17, 15) is 4.79 Å². The summed E-state index contributed by atoms with van der Waals surface area (Å²) in [5.41, 5.74) is 1.62. The van der Waals surface area contributed by atoms with Crippen molar-refractivity contribution in [3.8, 4) is 5.69 Å². The number of amides is 1. The van der Waals surface area contributed by atoms with Crippen LogP contribution in [0.1, 0.15) is 19.7 Å². The van der Waals surface area contributed by atoms with Gasteiger partial charge in [0.15, 0.2) is 5.65 Å². The molecule has 7 nitrogen and oxygen atoms in total. The van der Waals surface area contributed by atoms with Crippen molar-refractivity contribution in [2.75, 3.05) is 31.1 Å². The van der Waals surface area contributed by atoms with Crippen molar-refractivity contribution in [1.29, 1.82) is 0 Å². The molecule has 3 aromatic rings. The number of anilines is 1. The molecule has 0 atom stereocenters. The van der Waals surface area contributed by atoms with Crippen LogP contribution in [0.15, 0.2) is 30.5 Å². The molecule has 1 fully saturated rings. The minimum atomic E-state index is 0.0236. The van der Waals surface area contributed by atoms with Gasteiger partial charge in [0, 0.05) is 37.1 Å². The van der Waals surface area contributed by atoms with Crippen molar-refractivity contribution in [2.45, 2.75) is 20.8 Å². The van der Waals surface area contributed by atoms with Crippen LogP contribution in [0.4, 0.5) is 5.82 Å². The normalized spacial score (nSPS) is 14.9. The number of rotatable bonds is 3. The molecule has 1 saturated heterocycles. The molecule has 0 bridgehead atoms. The Morgan fingerprint density at radius 2 is 1.89 bits per heavy atom. The summed E-state index contributed by atoms with van der Waals surface area (Å²) < 4.78 is 1.79. The molecule has 8 heteroatoms. The van der Waals surface area contributed by atoms with E-state index < -0.39 is 0 Å². The minimum Gasteiger partial charge on any atom is -0.352 e. The largest absolute Gasteiger partial charge is 0.352 e. The fourth-order valence-electron chi connectivity index (χ4n) is 3.54. The van der Waals surface area contributed by atoms with Crippen LogP contribution in [0, 0.1) is 12.8 Å². The average Bonchev–Trinajstić information content (AvgIpc) is 3.10. The van der Waals surface area contributed by atoms with Crippen molar-refractivity contribution < 1.29 is 4.79 Å². The fraction of sp³-hybridized carbons (Fsp3) is 0.400. The molecule has 4 rings (SSSR count). The zero-order valence-electron chi connectivity index (χ0n) is 16.3. The Morgan fingerprint density at radius 3 is 2.57 bits per heavy atom. The van der Waals surface area contributed by atoms with E-state index in [2.05, 4.69) is 20.0 Å². The SMILES string of the molecule is Cc1nc(N2CCN(C(=O)C(C)C)CC2)c2cnn(-c3cccc(Cl)c3)c2n1. The molecule has 1 aromatic carbocycles. The number of piperazine rings is 1. The lowest BCUT2D eigenvalue weighted by molar-refractivity contribution is -0.134. The molecule has 0 spiro atoms. The lowest BCUT2D eigenvalue weighted by Crippen LogP contribution is -2.50. The van der Waals surface area contributed by atoms with E-state index in [1.807, 2.05) is 49.9 Å². The highest BCUT2D eigenvalue weighted by atomic mass is 35.5. The summed E-state index contributed by atoms with van der Waals surface area (Å²) in [6.45, 7) is 8.65. The Morgan fingerprint density at radius 1 is 1.14 bits per heavy atom. The first-order valence-electron chi connectivity index (χ1n) is 9.46. The van der Waals surface area contributed by atoms with Gasteiger partial charge in [0.1, 0.15) is 11.6 Å². The van der Waals surface area contributed by atoms with Gasteiger partial charge in [0.05, 0.1) is 17.3 Å². The number of benzene rings is 1. The van der Waals surface area contributed by atoms with Gasteiger partial charge in [-0.25, -0.2) is 14.6 Å². The Balaban J connectivity index is 1.67. The number of aryl methyl sites for hydroxylation is 1. The molecule has 0 unspecified atom stereocenters. The summed E-state index contributed by atoms with van der Waals surface area (Å²) in [5, 5.41) is 6.08. The van der Waals surface area contributed by atoms with Crippen molar-refractivity contribution >= 4 is 34.4 Å². The maximum atomic E-state index is 12.3. The first kappa shape index (κ1) is 18.7. The Labute approximate surface area is 168 Å². The third kappa shape index (κ3) is 3.42. The lowest BCUT2D eigenvalue weighted by Gasteiger charge is -2.36. The van der Waals surface area contributed by atoms with Gasteiger partial charge in [-0.3, -0.25) is 4.79 Å². The maximum Gasteiger partial charge on any atom is 0.225 e. The molecule has 1 aliphatic rings. The molecule has 0 saturated carbocycles. The zero-order valence-corrected chi connectivity index (χ0v) is 17.0. The van der Waals surface area contributed by atoms with Gasteiger partial charge < -0.3 is 9.80 Å². The van der Waals surface area contributed by atoms with Crippen LogP contribution >= 0.6 is 11.6 Å². The number of aromatic nitrogens is 4. The van der Waals surface area contributed by atoms with E-state index in [-0.39, 0.29) is 11.8 Å². The molecular weight excluding hydrogens is 376 g/mol. The number of halogens is 1. The molecule has 2 aromatic heterocycles. The first-order valence-corrected chi connectivity index (χ1v) is 9.84. The maximum absolute atomic E-state index is 12.3. The molecule has 146 valence electrons. The highest BCUT2D eigenvalue weighted by Gasteiger charge is 2.25. The van der Waals surface area contributed by atoms with E-state index in [0.717, 1.165) is 35.6 Å². The number of carbonyl (C=O) groups excluding carboxylic acids is 1. The predicted octanol–water partition coefficient (Wildman–Crippen LogP) is 3.08. The predicted molar refractivity (Wildman–Crippen MR) is 110 cm³/mol.